The summed E-state index contributed by atoms with van der Waals surface area (Å²) in [6.07, 6.45) is 14.2. The highest BCUT2D eigenvalue weighted by atomic mass is 16.6. The summed E-state index contributed by atoms with van der Waals surface area (Å²) >= 11 is 0. The maximum absolute atomic E-state index is 12.3. The SMILES string of the molecule is CC1(C)OC2(C)C(OCC(=O)O)CC1CC2OCC(=O)O.CNC(=O)COC1CC2CC(OCC(=O)NCCCCCCCC(C)=O)C1(C)OC2(C)C.N#COCCCCCCN=C=O. The minimum absolute atomic E-state index is 0.0163. The van der Waals surface area contributed by atoms with E-state index in [1.807, 2.05) is 27.7 Å². The molecule has 4 bridgehead atoms. The molecule has 2 amide bonds. The molecule has 6 rings (SSSR count). The van der Waals surface area contributed by atoms with Gasteiger partial charge in [0.1, 0.15) is 50.0 Å². The molecule has 370 valence electrons. The van der Waals surface area contributed by atoms with Crippen LogP contribution >= 0.6 is 0 Å². The minimum atomic E-state index is -1.04. The number of unbranched alkanes of at least 4 members (excludes halogenated alkanes) is 7. The number of hydrogen-bond acceptors (Lipinski definition) is 15. The van der Waals surface area contributed by atoms with E-state index in [4.69, 9.17) is 43.9 Å². The Kier molecular flexibility index (Phi) is 24.8. The first kappa shape index (κ1) is 57.1. The number of carbonyl (C=O) groups excluding carboxylic acids is 4. The fraction of sp³-hybridized carbons (Fsp3) is 0.848. The predicted octanol–water partition coefficient (Wildman–Crippen LogP) is 4.81. The minimum Gasteiger partial charge on any atom is -0.480 e. The van der Waals surface area contributed by atoms with Crippen molar-refractivity contribution in [2.24, 2.45) is 16.8 Å². The number of nitrogens with zero attached hydrogens (tertiary/aromatic N) is 2. The van der Waals surface area contributed by atoms with E-state index >= 15 is 0 Å². The van der Waals surface area contributed by atoms with Crippen molar-refractivity contribution in [2.75, 3.05) is 53.2 Å². The van der Waals surface area contributed by atoms with Crippen LogP contribution in [0.4, 0.5) is 0 Å². The number of rotatable bonds is 27. The molecule has 0 spiro atoms. The number of aliphatic imine (C=N–C) groups is 1. The summed E-state index contributed by atoms with van der Waals surface area (Å²) in [7, 11) is 1.58. The van der Waals surface area contributed by atoms with Crippen LogP contribution < -0.4 is 10.6 Å². The van der Waals surface area contributed by atoms with Gasteiger partial charge in [0, 0.05) is 20.0 Å². The number of carboxylic acid groups (broad SMARTS) is 2. The number of carboxylic acids is 2. The van der Waals surface area contributed by atoms with Crippen LogP contribution in [0, 0.1) is 23.4 Å². The van der Waals surface area contributed by atoms with E-state index < -0.39 is 48.6 Å². The van der Waals surface area contributed by atoms with Crippen molar-refractivity contribution >= 4 is 35.6 Å². The van der Waals surface area contributed by atoms with Gasteiger partial charge in [0.2, 0.25) is 17.9 Å². The molecule has 0 aromatic heterocycles. The third-order valence-electron chi connectivity index (χ3n) is 12.8. The summed E-state index contributed by atoms with van der Waals surface area (Å²) in [5.41, 5.74) is -2.22. The number of ether oxygens (including phenoxy) is 7. The van der Waals surface area contributed by atoms with Gasteiger partial charge in [-0.2, -0.15) is 5.26 Å². The number of likely N-dealkylation sites (N-methyl/N-ethyl adjacent to an activating group) is 1. The molecule has 65 heavy (non-hydrogen) atoms. The van der Waals surface area contributed by atoms with Crippen LogP contribution in [0.5, 0.6) is 0 Å². The van der Waals surface area contributed by atoms with Gasteiger partial charge >= 0.3 is 11.9 Å². The Hall–Kier alpha value is -4.02. The molecule has 6 unspecified atom stereocenters. The van der Waals surface area contributed by atoms with Crippen LogP contribution in [0.15, 0.2) is 4.99 Å². The van der Waals surface area contributed by atoms with Gasteiger partial charge in [-0.25, -0.2) is 19.4 Å². The van der Waals surface area contributed by atoms with E-state index in [1.54, 1.807) is 20.2 Å². The van der Waals surface area contributed by atoms with E-state index in [0.717, 1.165) is 70.6 Å². The average Bonchev–Trinajstić information content (AvgIpc) is 3.22. The molecule has 2 saturated carbocycles. The smallest absolute Gasteiger partial charge is 0.329 e. The van der Waals surface area contributed by atoms with Crippen molar-refractivity contribution in [1.82, 2.24) is 10.6 Å². The summed E-state index contributed by atoms with van der Waals surface area (Å²) in [5, 5.41) is 31.0. The van der Waals surface area contributed by atoms with Gasteiger partial charge in [0.25, 0.3) is 6.26 Å². The monoisotopic (exact) mass is 925 g/mol. The molecule has 6 fully saturated rings. The van der Waals surface area contributed by atoms with Crippen molar-refractivity contribution in [1.29, 1.82) is 5.26 Å². The molecule has 4 heterocycles. The van der Waals surface area contributed by atoms with Gasteiger partial charge in [-0.05, 0) is 118 Å². The predicted molar refractivity (Wildman–Crippen MR) is 235 cm³/mol. The molecule has 19 nitrogen and oxygen atoms in total. The lowest BCUT2D eigenvalue weighted by atomic mass is 9.65. The van der Waals surface area contributed by atoms with Crippen LogP contribution in [0.25, 0.3) is 0 Å². The van der Waals surface area contributed by atoms with Crippen molar-refractivity contribution in [2.45, 2.75) is 185 Å². The number of carbonyl (C=O) groups is 5. The number of amides is 2. The van der Waals surface area contributed by atoms with Crippen molar-refractivity contribution in [3.63, 3.8) is 0 Å². The zero-order chi connectivity index (χ0) is 48.7. The highest BCUT2D eigenvalue weighted by Crippen LogP contribution is 2.53. The first-order chi connectivity index (χ1) is 30.6. The second-order valence-corrected chi connectivity index (χ2v) is 18.7. The lowest BCUT2D eigenvalue weighted by molar-refractivity contribution is -0.324. The zero-order valence-corrected chi connectivity index (χ0v) is 39.9. The average molecular weight is 925 g/mol. The molecular formula is C46H76N4O15. The van der Waals surface area contributed by atoms with Crippen LogP contribution in [0.1, 0.15) is 138 Å². The number of nitrogens with one attached hydrogen (secondary N) is 2. The summed E-state index contributed by atoms with van der Waals surface area (Å²) < 4.78 is 39.8. The lowest BCUT2D eigenvalue weighted by Gasteiger charge is -2.60. The van der Waals surface area contributed by atoms with Crippen LogP contribution in [0.2, 0.25) is 0 Å². The van der Waals surface area contributed by atoms with Crippen molar-refractivity contribution in [3.05, 3.63) is 0 Å². The number of Topliss-reactive ketones (excluding diaryl/α,β-unsaturated/α-hetero) is 1. The summed E-state index contributed by atoms with van der Waals surface area (Å²) in [6.45, 7) is 14.4. The Labute approximate surface area is 384 Å². The maximum atomic E-state index is 12.3. The number of hydrogen-bond donors (Lipinski definition) is 4. The fourth-order valence-corrected chi connectivity index (χ4v) is 9.10. The number of isocyanates is 1. The molecule has 0 radical (unpaired) electrons. The molecule has 0 aromatic carbocycles. The highest BCUT2D eigenvalue weighted by Gasteiger charge is 2.61. The van der Waals surface area contributed by atoms with Crippen molar-refractivity contribution in [3.8, 4) is 6.26 Å². The summed E-state index contributed by atoms with van der Waals surface area (Å²) in [4.78, 5) is 69.3. The zero-order valence-electron chi connectivity index (χ0n) is 39.9. The Morgan fingerprint density at radius 3 is 1.54 bits per heavy atom. The van der Waals surface area contributed by atoms with Gasteiger partial charge in [0.05, 0.1) is 42.2 Å². The fourth-order valence-electron chi connectivity index (χ4n) is 9.10. The van der Waals surface area contributed by atoms with Crippen molar-refractivity contribution < 1.29 is 72.1 Å². The number of nitriles is 1. The Morgan fingerprint density at radius 1 is 0.662 bits per heavy atom. The maximum Gasteiger partial charge on any atom is 0.329 e. The van der Waals surface area contributed by atoms with Crippen LogP contribution in [0.3, 0.4) is 0 Å². The van der Waals surface area contributed by atoms with Crippen LogP contribution in [-0.4, -0.2) is 146 Å². The molecular weight excluding hydrogens is 849 g/mol. The summed E-state index contributed by atoms with van der Waals surface area (Å²) in [5.74, 6) is -1.77. The molecule has 4 N–H and O–H groups in total. The van der Waals surface area contributed by atoms with E-state index in [1.165, 1.54) is 6.08 Å². The molecule has 6 aliphatic rings. The molecule has 19 heteroatoms. The third kappa shape index (κ3) is 19.4. The lowest BCUT2D eigenvalue weighted by Crippen LogP contribution is -2.69. The molecule has 4 saturated heterocycles. The summed E-state index contributed by atoms with van der Waals surface area (Å²) in [6, 6.07) is 0. The third-order valence-corrected chi connectivity index (χ3v) is 12.8. The van der Waals surface area contributed by atoms with Gasteiger partial charge in [-0.1, -0.05) is 25.7 Å². The van der Waals surface area contributed by atoms with E-state index in [9.17, 15) is 28.8 Å². The quantitative estimate of drug-likeness (QED) is 0.0373. The van der Waals surface area contributed by atoms with Gasteiger partial charge in [0.15, 0.2) is 0 Å². The largest absolute Gasteiger partial charge is 0.480 e. The van der Waals surface area contributed by atoms with E-state index in [2.05, 4.69) is 34.2 Å². The number of aliphatic carboxylic acids is 2. The normalized spacial score (nSPS) is 27.6. The highest BCUT2D eigenvalue weighted by molar-refractivity contribution is 5.77. The number of ketones is 1. The second kappa shape index (κ2) is 28.2. The molecule has 4 aliphatic heterocycles. The Morgan fingerprint density at radius 2 is 1.09 bits per heavy atom. The standard InChI is InChI=1S/C24H42N2O6.C14H22O7.C8H12N2O2/c1-17(27)11-9-7-6-8-10-12-26-22(29)16-31-20-14-18-13-19(30-15-21(28)25-5)24(20,4)32-23(18,2)3;1-13(2)8-4-9(19-6-11(15)16)14(3,21-13)10(5-8)20-7-12(17)18;9-7-12-6-4-2-1-3-5-10-8-11/h18-20H,6-16H2,1-5H3,(H,25,28)(H,26,29);8-10H,4-7H2,1-3H3,(H,15,16)(H,17,18);1-6H2. The molecule has 6 atom stereocenters. The Balaban J connectivity index is 0.000000376. The molecule has 0 aromatic rings. The van der Waals surface area contributed by atoms with Gasteiger partial charge in [-0.15, -0.1) is 0 Å². The molecule has 2 aliphatic carbocycles. The second-order valence-electron chi connectivity index (χ2n) is 18.7. The van der Waals surface area contributed by atoms with E-state index in [0.29, 0.717) is 39.0 Å². The van der Waals surface area contributed by atoms with Gasteiger partial charge in [-0.3, -0.25) is 9.59 Å². The van der Waals surface area contributed by atoms with Crippen LogP contribution in [-0.2, 0) is 61.9 Å². The Bertz CT molecular complexity index is 1580. The topological polar surface area (TPSA) is 268 Å². The van der Waals surface area contributed by atoms with Gasteiger partial charge < -0.3 is 58.8 Å². The first-order valence-electron chi connectivity index (χ1n) is 23.0. The first-order valence-corrected chi connectivity index (χ1v) is 23.0. The van der Waals surface area contributed by atoms with E-state index in [-0.39, 0.29) is 66.1 Å². The number of fused-ring (bicyclic) bond motifs is 6.